The van der Waals surface area contributed by atoms with Crippen molar-refractivity contribution in [1.82, 2.24) is 10.2 Å². The van der Waals surface area contributed by atoms with Crippen LogP contribution in [0.15, 0.2) is 24.3 Å². The number of urea groups is 1. The molecular formula is C15H18N2O5. The quantitative estimate of drug-likeness (QED) is 0.788. The molecule has 0 aliphatic carbocycles. The molecule has 118 valence electrons. The van der Waals surface area contributed by atoms with E-state index < -0.39 is 24.5 Å². The molecule has 1 aliphatic heterocycles. The summed E-state index contributed by atoms with van der Waals surface area (Å²) in [5.74, 6) is -0.397. The Kier molecular flexibility index (Phi) is 5.35. The zero-order chi connectivity index (χ0) is 15.9. The summed E-state index contributed by atoms with van der Waals surface area (Å²) in [4.78, 5) is 35.4. The third-order valence-corrected chi connectivity index (χ3v) is 3.11. The summed E-state index contributed by atoms with van der Waals surface area (Å²) in [5.41, 5.74) is 1.12. The van der Waals surface area contributed by atoms with Crippen LogP contribution in [0, 0.1) is 6.92 Å². The molecule has 7 heteroatoms. The predicted octanol–water partition coefficient (Wildman–Crippen LogP) is 0.859. The lowest BCUT2D eigenvalue weighted by molar-refractivity contribution is -0.151. The Morgan fingerprint density at radius 1 is 1.27 bits per heavy atom. The average molecular weight is 306 g/mol. The Morgan fingerprint density at radius 3 is 2.64 bits per heavy atom. The molecular weight excluding hydrogens is 288 g/mol. The number of nitrogens with one attached hydrogen (secondary N) is 1. The highest BCUT2D eigenvalue weighted by atomic mass is 16.5. The van der Waals surface area contributed by atoms with E-state index in [4.69, 9.17) is 9.47 Å². The topological polar surface area (TPSA) is 84.9 Å². The van der Waals surface area contributed by atoms with Crippen molar-refractivity contribution >= 4 is 17.9 Å². The van der Waals surface area contributed by atoms with E-state index in [1.807, 2.05) is 31.2 Å². The van der Waals surface area contributed by atoms with E-state index in [0.29, 0.717) is 18.8 Å². The third-order valence-electron chi connectivity index (χ3n) is 3.11. The van der Waals surface area contributed by atoms with Crippen molar-refractivity contribution < 1.29 is 23.9 Å². The first-order valence-corrected chi connectivity index (χ1v) is 6.99. The van der Waals surface area contributed by atoms with Gasteiger partial charge in [-0.05, 0) is 19.1 Å². The molecule has 1 aromatic carbocycles. The van der Waals surface area contributed by atoms with Crippen molar-refractivity contribution in [1.29, 1.82) is 0 Å². The van der Waals surface area contributed by atoms with E-state index in [1.165, 1.54) is 0 Å². The van der Waals surface area contributed by atoms with Gasteiger partial charge < -0.3 is 14.8 Å². The van der Waals surface area contributed by atoms with Gasteiger partial charge in [0, 0.05) is 13.1 Å². The molecule has 7 nitrogen and oxygen atoms in total. The van der Waals surface area contributed by atoms with Gasteiger partial charge >= 0.3 is 12.0 Å². The number of rotatable bonds is 6. The van der Waals surface area contributed by atoms with Crippen molar-refractivity contribution in [2.45, 2.75) is 13.3 Å². The molecule has 1 heterocycles. The van der Waals surface area contributed by atoms with Gasteiger partial charge in [-0.1, -0.05) is 17.7 Å². The number of hydrogen-bond acceptors (Lipinski definition) is 5. The summed E-state index contributed by atoms with van der Waals surface area (Å²) in [5, 5.41) is 2.50. The Labute approximate surface area is 128 Å². The molecule has 1 saturated heterocycles. The molecule has 0 bridgehead atoms. The van der Waals surface area contributed by atoms with Crippen molar-refractivity contribution in [2.75, 3.05) is 26.3 Å². The molecule has 1 aliphatic rings. The number of aryl methyl sites for hydroxylation is 1. The van der Waals surface area contributed by atoms with Gasteiger partial charge in [0.05, 0.1) is 13.0 Å². The Morgan fingerprint density at radius 2 is 2.00 bits per heavy atom. The second kappa shape index (κ2) is 7.44. The largest absolute Gasteiger partial charge is 0.493 e. The first kappa shape index (κ1) is 15.8. The highest BCUT2D eigenvalue weighted by Gasteiger charge is 2.26. The van der Waals surface area contributed by atoms with E-state index in [-0.39, 0.29) is 13.0 Å². The van der Waals surface area contributed by atoms with Crippen LogP contribution in [0.25, 0.3) is 0 Å². The van der Waals surface area contributed by atoms with Crippen LogP contribution in [0.4, 0.5) is 4.79 Å². The van der Waals surface area contributed by atoms with Crippen LogP contribution < -0.4 is 10.1 Å². The second-order valence-corrected chi connectivity index (χ2v) is 4.85. The van der Waals surface area contributed by atoms with Crippen LogP contribution in [0.2, 0.25) is 0 Å². The van der Waals surface area contributed by atoms with Crippen molar-refractivity contribution in [2.24, 2.45) is 0 Å². The highest BCUT2D eigenvalue weighted by Crippen LogP contribution is 2.11. The molecule has 1 fully saturated rings. The summed E-state index contributed by atoms with van der Waals surface area (Å²) in [6.07, 6.45) is 0.0351. The van der Waals surface area contributed by atoms with Gasteiger partial charge in [0.15, 0.2) is 6.61 Å². The van der Waals surface area contributed by atoms with Gasteiger partial charge in [-0.2, -0.15) is 0 Å². The molecule has 0 aromatic heterocycles. The lowest BCUT2D eigenvalue weighted by Gasteiger charge is -2.12. The number of carbonyl (C=O) groups excluding carboxylic acids is 3. The number of benzene rings is 1. The summed E-state index contributed by atoms with van der Waals surface area (Å²) >= 11 is 0. The lowest BCUT2D eigenvalue weighted by Crippen LogP contribution is -2.37. The number of esters is 1. The van der Waals surface area contributed by atoms with E-state index in [1.54, 1.807) is 0 Å². The van der Waals surface area contributed by atoms with E-state index in [9.17, 15) is 14.4 Å². The monoisotopic (exact) mass is 306 g/mol. The Hall–Kier alpha value is -2.57. The molecule has 1 N–H and O–H groups in total. The molecule has 2 rings (SSSR count). The van der Waals surface area contributed by atoms with Crippen LogP contribution in [-0.4, -0.2) is 49.1 Å². The zero-order valence-electron chi connectivity index (χ0n) is 12.3. The predicted molar refractivity (Wildman–Crippen MR) is 77.4 cm³/mol. The maximum atomic E-state index is 11.6. The van der Waals surface area contributed by atoms with Crippen LogP contribution in [0.3, 0.4) is 0 Å². The fraction of sp³-hybridized carbons (Fsp3) is 0.400. The summed E-state index contributed by atoms with van der Waals surface area (Å²) in [6, 6.07) is 7.00. The lowest BCUT2D eigenvalue weighted by atomic mass is 10.2. The van der Waals surface area contributed by atoms with Gasteiger partial charge in [-0.3, -0.25) is 14.5 Å². The maximum absolute atomic E-state index is 11.6. The fourth-order valence-electron chi connectivity index (χ4n) is 1.89. The number of carbonyl (C=O) groups is 3. The van der Waals surface area contributed by atoms with Crippen LogP contribution in [-0.2, 0) is 14.3 Å². The van der Waals surface area contributed by atoms with Gasteiger partial charge in [-0.25, -0.2) is 4.79 Å². The number of nitrogens with zero attached hydrogens (tertiary/aromatic N) is 1. The Balaban J connectivity index is 1.64. The fourth-order valence-corrected chi connectivity index (χ4v) is 1.89. The minimum atomic E-state index is -0.542. The molecule has 22 heavy (non-hydrogen) atoms. The molecule has 0 spiro atoms. The molecule has 0 saturated carbocycles. The van der Waals surface area contributed by atoms with Crippen molar-refractivity contribution in [3.8, 4) is 5.75 Å². The van der Waals surface area contributed by atoms with Crippen LogP contribution in [0.5, 0.6) is 5.75 Å². The standard InChI is InChI=1S/C15H18N2O5/c1-11-2-4-12(5-3-11)21-9-6-14(19)22-10-13(18)17-8-7-16-15(17)20/h2-5H,6-10H2,1H3,(H,16,20). The number of hydrogen-bond donors (Lipinski definition) is 1. The summed E-state index contributed by atoms with van der Waals surface area (Å²) in [7, 11) is 0. The molecule has 1 aromatic rings. The smallest absolute Gasteiger partial charge is 0.324 e. The van der Waals surface area contributed by atoms with Gasteiger partial charge in [0.25, 0.3) is 5.91 Å². The van der Waals surface area contributed by atoms with Crippen molar-refractivity contribution in [3.63, 3.8) is 0 Å². The maximum Gasteiger partial charge on any atom is 0.324 e. The van der Waals surface area contributed by atoms with Crippen LogP contribution >= 0.6 is 0 Å². The zero-order valence-corrected chi connectivity index (χ0v) is 12.3. The number of imide groups is 1. The van der Waals surface area contributed by atoms with E-state index in [0.717, 1.165) is 10.5 Å². The molecule has 0 unspecified atom stereocenters. The van der Waals surface area contributed by atoms with E-state index >= 15 is 0 Å². The molecule has 0 radical (unpaired) electrons. The normalized spacial score (nSPS) is 13.7. The highest BCUT2D eigenvalue weighted by molar-refractivity contribution is 5.96. The summed E-state index contributed by atoms with van der Waals surface area (Å²) in [6.45, 7) is 2.42. The van der Waals surface area contributed by atoms with Gasteiger partial charge in [-0.15, -0.1) is 0 Å². The first-order chi connectivity index (χ1) is 10.6. The van der Waals surface area contributed by atoms with Crippen LogP contribution in [0.1, 0.15) is 12.0 Å². The van der Waals surface area contributed by atoms with E-state index in [2.05, 4.69) is 5.32 Å². The SMILES string of the molecule is Cc1ccc(OCCC(=O)OCC(=O)N2CCNC2=O)cc1. The van der Waals surface area contributed by atoms with Gasteiger partial charge in [0.2, 0.25) is 0 Å². The Bertz CT molecular complexity index is 556. The minimum absolute atomic E-state index is 0.0351. The third kappa shape index (κ3) is 4.47. The number of ether oxygens (including phenoxy) is 2. The minimum Gasteiger partial charge on any atom is -0.493 e. The first-order valence-electron chi connectivity index (χ1n) is 6.99. The molecule has 0 atom stereocenters. The van der Waals surface area contributed by atoms with Crippen molar-refractivity contribution in [3.05, 3.63) is 29.8 Å². The number of amides is 3. The average Bonchev–Trinajstić information content (AvgIpc) is 2.93. The summed E-state index contributed by atoms with van der Waals surface area (Å²) < 4.78 is 10.2. The second-order valence-electron chi connectivity index (χ2n) is 4.85. The van der Waals surface area contributed by atoms with Gasteiger partial charge in [0.1, 0.15) is 5.75 Å². The molecule has 3 amide bonds.